The second-order valence-corrected chi connectivity index (χ2v) is 3.85. The summed E-state index contributed by atoms with van der Waals surface area (Å²) in [7, 11) is 0. The fourth-order valence-electron chi connectivity index (χ4n) is 1.48. The van der Waals surface area contributed by atoms with E-state index in [0.29, 0.717) is 12.1 Å². The highest BCUT2D eigenvalue weighted by atomic mass is 16.5. The Hall–Kier alpha value is -0.910. The summed E-state index contributed by atoms with van der Waals surface area (Å²) >= 11 is 0. The van der Waals surface area contributed by atoms with Crippen LogP contribution in [0, 0.1) is 0 Å². The van der Waals surface area contributed by atoms with Crippen LogP contribution in [0.3, 0.4) is 0 Å². The van der Waals surface area contributed by atoms with Crippen molar-refractivity contribution < 1.29 is 14.6 Å². The second-order valence-electron chi connectivity index (χ2n) is 3.85. The highest BCUT2D eigenvalue weighted by Gasteiger charge is 2.08. The second kappa shape index (κ2) is 7.38. The molecule has 92 valence electrons. The average Bonchev–Trinajstić information content (AvgIpc) is 2.29. The number of hydrogen-bond donors (Lipinski definition) is 2. The number of nitrogens with one attached hydrogen (secondary N) is 1. The Morgan fingerprint density at radius 2 is 2.19 bits per heavy atom. The molecule has 1 saturated heterocycles. The van der Waals surface area contributed by atoms with Crippen LogP contribution < -0.4 is 5.32 Å². The van der Waals surface area contributed by atoms with Gasteiger partial charge in [0.25, 0.3) is 0 Å². The monoisotopic (exact) mass is 228 g/mol. The molecule has 0 radical (unpaired) electrons. The summed E-state index contributed by atoms with van der Waals surface area (Å²) in [6.07, 6.45) is 1.70. The maximum Gasteiger partial charge on any atom is 0.330 e. The molecule has 0 aliphatic carbocycles. The summed E-state index contributed by atoms with van der Waals surface area (Å²) in [6, 6.07) is 0. The third-order valence-corrected chi connectivity index (χ3v) is 2.60. The van der Waals surface area contributed by atoms with Crippen molar-refractivity contribution in [2.45, 2.75) is 6.92 Å². The van der Waals surface area contributed by atoms with Crippen molar-refractivity contribution in [3.05, 3.63) is 11.6 Å². The van der Waals surface area contributed by atoms with Crippen LogP contribution in [0.2, 0.25) is 0 Å². The fourth-order valence-corrected chi connectivity index (χ4v) is 1.48. The number of nitrogens with zero attached hydrogens (tertiary/aromatic N) is 1. The van der Waals surface area contributed by atoms with E-state index in [1.54, 1.807) is 13.0 Å². The Kier molecular flexibility index (Phi) is 6.07. The SMILES string of the molecule is CC(=CCNCCN1CCOCC1)C(=O)O. The molecule has 1 heterocycles. The third-order valence-electron chi connectivity index (χ3n) is 2.60. The summed E-state index contributed by atoms with van der Waals surface area (Å²) in [5.41, 5.74) is 0.388. The van der Waals surface area contributed by atoms with Gasteiger partial charge in [-0.1, -0.05) is 6.08 Å². The first-order valence-corrected chi connectivity index (χ1v) is 5.61. The Labute approximate surface area is 96.1 Å². The molecule has 0 bridgehead atoms. The van der Waals surface area contributed by atoms with Gasteiger partial charge in [0.15, 0.2) is 0 Å². The van der Waals surface area contributed by atoms with Gasteiger partial charge in [-0.2, -0.15) is 0 Å². The van der Waals surface area contributed by atoms with Crippen LogP contribution in [0.4, 0.5) is 0 Å². The zero-order chi connectivity index (χ0) is 11.8. The van der Waals surface area contributed by atoms with Crippen LogP contribution in [0.25, 0.3) is 0 Å². The molecule has 0 amide bonds. The number of rotatable bonds is 6. The lowest BCUT2D eigenvalue weighted by molar-refractivity contribution is -0.132. The van der Waals surface area contributed by atoms with E-state index in [2.05, 4.69) is 10.2 Å². The van der Waals surface area contributed by atoms with Gasteiger partial charge in [-0.25, -0.2) is 4.79 Å². The third kappa shape index (κ3) is 5.25. The van der Waals surface area contributed by atoms with E-state index in [9.17, 15) is 4.79 Å². The molecular weight excluding hydrogens is 208 g/mol. The molecule has 1 rings (SSSR count). The molecule has 0 aromatic rings. The summed E-state index contributed by atoms with van der Waals surface area (Å²) in [5, 5.41) is 11.8. The van der Waals surface area contributed by atoms with Crippen molar-refractivity contribution in [2.24, 2.45) is 0 Å². The number of hydrogen-bond acceptors (Lipinski definition) is 4. The van der Waals surface area contributed by atoms with Gasteiger partial charge in [-0.3, -0.25) is 4.90 Å². The van der Waals surface area contributed by atoms with Crippen molar-refractivity contribution in [1.82, 2.24) is 10.2 Å². The molecule has 0 unspecified atom stereocenters. The van der Waals surface area contributed by atoms with Crippen LogP contribution in [-0.2, 0) is 9.53 Å². The minimum atomic E-state index is -0.852. The van der Waals surface area contributed by atoms with E-state index in [0.717, 1.165) is 39.4 Å². The van der Waals surface area contributed by atoms with Gasteiger partial charge < -0.3 is 15.2 Å². The summed E-state index contributed by atoms with van der Waals surface area (Å²) in [6.45, 7) is 7.70. The zero-order valence-corrected chi connectivity index (χ0v) is 9.74. The van der Waals surface area contributed by atoms with Gasteiger partial charge in [-0.15, -0.1) is 0 Å². The predicted molar refractivity (Wildman–Crippen MR) is 61.5 cm³/mol. The smallest absolute Gasteiger partial charge is 0.330 e. The number of aliphatic carboxylic acids is 1. The van der Waals surface area contributed by atoms with E-state index < -0.39 is 5.97 Å². The highest BCUT2D eigenvalue weighted by Crippen LogP contribution is 1.94. The Morgan fingerprint density at radius 3 is 2.81 bits per heavy atom. The molecule has 2 N–H and O–H groups in total. The van der Waals surface area contributed by atoms with Crippen LogP contribution in [0.15, 0.2) is 11.6 Å². The largest absolute Gasteiger partial charge is 0.478 e. The quantitative estimate of drug-likeness (QED) is 0.492. The topological polar surface area (TPSA) is 61.8 Å². The van der Waals surface area contributed by atoms with Crippen LogP contribution in [0.5, 0.6) is 0 Å². The van der Waals surface area contributed by atoms with E-state index in [4.69, 9.17) is 9.84 Å². The molecule has 5 heteroatoms. The standard InChI is InChI=1S/C11H20N2O3/c1-10(11(14)15)2-3-12-4-5-13-6-8-16-9-7-13/h2,12H,3-9H2,1H3,(H,14,15). The van der Waals surface area contributed by atoms with E-state index in [1.165, 1.54) is 0 Å². The summed E-state index contributed by atoms with van der Waals surface area (Å²) in [5.74, 6) is -0.852. The first-order chi connectivity index (χ1) is 7.70. The van der Waals surface area contributed by atoms with Gasteiger partial charge in [0.05, 0.1) is 13.2 Å². The van der Waals surface area contributed by atoms with Crippen LogP contribution >= 0.6 is 0 Å². The van der Waals surface area contributed by atoms with E-state index in [-0.39, 0.29) is 0 Å². The van der Waals surface area contributed by atoms with Gasteiger partial charge in [0.1, 0.15) is 0 Å². The van der Waals surface area contributed by atoms with Crippen molar-refractivity contribution >= 4 is 5.97 Å². The molecular formula is C11H20N2O3. The molecule has 5 nitrogen and oxygen atoms in total. The Bertz CT molecular complexity index is 248. The van der Waals surface area contributed by atoms with Crippen molar-refractivity contribution in [3.8, 4) is 0 Å². The van der Waals surface area contributed by atoms with Gasteiger partial charge >= 0.3 is 5.97 Å². The molecule has 0 aromatic carbocycles. The summed E-state index contributed by atoms with van der Waals surface area (Å²) in [4.78, 5) is 12.8. The average molecular weight is 228 g/mol. The minimum absolute atomic E-state index is 0.388. The normalized spacial score (nSPS) is 18.7. The van der Waals surface area contributed by atoms with E-state index >= 15 is 0 Å². The van der Waals surface area contributed by atoms with Crippen LogP contribution in [0.1, 0.15) is 6.92 Å². The molecule has 1 aliphatic rings. The van der Waals surface area contributed by atoms with Gasteiger partial charge in [0.2, 0.25) is 0 Å². The van der Waals surface area contributed by atoms with E-state index in [1.807, 2.05) is 0 Å². The molecule has 0 atom stereocenters. The lowest BCUT2D eigenvalue weighted by Crippen LogP contribution is -2.40. The van der Waals surface area contributed by atoms with Crippen molar-refractivity contribution in [1.29, 1.82) is 0 Å². The van der Waals surface area contributed by atoms with Crippen molar-refractivity contribution in [3.63, 3.8) is 0 Å². The minimum Gasteiger partial charge on any atom is -0.478 e. The highest BCUT2D eigenvalue weighted by molar-refractivity contribution is 5.85. The maximum absolute atomic E-state index is 10.5. The maximum atomic E-state index is 10.5. The fraction of sp³-hybridized carbons (Fsp3) is 0.727. The molecule has 0 saturated carbocycles. The van der Waals surface area contributed by atoms with Gasteiger partial charge in [0, 0.05) is 38.3 Å². The number of carboxylic acid groups (broad SMARTS) is 1. The number of morpholine rings is 1. The molecule has 16 heavy (non-hydrogen) atoms. The van der Waals surface area contributed by atoms with Crippen molar-refractivity contribution in [2.75, 3.05) is 45.9 Å². The first-order valence-electron chi connectivity index (χ1n) is 5.61. The lowest BCUT2D eigenvalue weighted by Gasteiger charge is -2.26. The first kappa shape index (κ1) is 13.2. The predicted octanol–water partition coefficient (Wildman–Crippen LogP) is -0.0609. The molecule has 1 fully saturated rings. The zero-order valence-electron chi connectivity index (χ0n) is 9.74. The Balaban J connectivity index is 2.03. The van der Waals surface area contributed by atoms with Crippen LogP contribution in [-0.4, -0.2) is 61.9 Å². The number of ether oxygens (including phenoxy) is 1. The molecule has 0 aromatic heterocycles. The van der Waals surface area contributed by atoms with Gasteiger partial charge in [-0.05, 0) is 6.92 Å². The summed E-state index contributed by atoms with van der Waals surface area (Å²) < 4.78 is 5.25. The number of carboxylic acids is 1. The molecule has 0 spiro atoms. The molecule has 1 aliphatic heterocycles. The lowest BCUT2D eigenvalue weighted by atomic mass is 10.3. The Morgan fingerprint density at radius 1 is 1.50 bits per heavy atom. The number of carbonyl (C=O) groups is 1.